The van der Waals surface area contributed by atoms with Gasteiger partial charge in [-0.3, -0.25) is 9.30 Å². The van der Waals surface area contributed by atoms with Crippen LogP contribution in [0.25, 0.3) is 27.9 Å². The van der Waals surface area contributed by atoms with E-state index in [9.17, 15) is 5.26 Å². The molecule has 0 amide bonds. The summed E-state index contributed by atoms with van der Waals surface area (Å²) in [6, 6.07) is 22.1. The first kappa shape index (κ1) is 21.6. The standard InChI is InChI=1S/C28H29N7/c1-20(2)32-18-28(19-32,12-13-29)33-14-11-23(17-33)25-15-26-24(9-10-27-31-30-21(3)35(26)27)34(25)16-22-7-5-4-6-8-22/h4-11,14-15,17,20H,12,16,18-19H2,1-3H3. The first-order valence-electron chi connectivity index (χ1n) is 12.2. The molecule has 0 bridgehead atoms. The largest absolute Gasteiger partial charge is 0.344 e. The lowest BCUT2D eigenvalue weighted by molar-refractivity contribution is -0.00813. The van der Waals surface area contributed by atoms with E-state index in [-0.39, 0.29) is 5.54 Å². The third-order valence-corrected chi connectivity index (χ3v) is 7.45. The second-order valence-electron chi connectivity index (χ2n) is 10.0. The van der Waals surface area contributed by atoms with Crippen molar-refractivity contribution in [3.8, 4) is 17.3 Å². The molecule has 0 radical (unpaired) electrons. The summed E-state index contributed by atoms with van der Waals surface area (Å²) in [5.74, 6) is 0.878. The monoisotopic (exact) mass is 463 g/mol. The molecule has 4 aromatic heterocycles. The molecule has 35 heavy (non-hydrogen) atoms. The molecule has 1 aromatic carbocycles. The smallest absolute Gasteiger partial charge is 0.161 e. The number of hydrogen-bond acceptors (Lipinski definition) is 4. The van der Waals surface area contributed by atoms with Gasteiger partial charge in [-0.15, -0.1) is 10.2 Å². The molecule has 0 N–H and O–H groups in total. The maximum absolute atomic E-state index is 9.59. The van der Waals surface area contributed by atoms with Gasteiger partial charge in [-0.2, -0.15) is 5.26 Å². The lowest BCUT2D eigenvalue weighted by atomic mass is 9.85. The van der Waals surface area contributed by atoms with E-state index in [2.05, 4.69) is 109 Å². The van der Waals surface area contributed by atoms with Crippen molar-refractivity contribution < 1.29 is 0 Å². The average molecular weight is 464 g/mol. The van der Waals surface area contributed by atoms with E-state index in [1.165, 1.54) is 5.56 Å². The van der Waals surface area contributed by atoms with Crippen molar-refractivity contribution in [1.82, 2.24) is 28.6 Å². The Morgan fingerprint density at radius 3 is 2.57 bits per heavy atom. The Balaban J connectivity index is 1.48. The number of pyridine rings is 1. The van der Waals surface area contributed by atoms with Crippen molar-refractivity contribution in [1.29, 1.82) is 5.26 Å². The molecule has 0 spiro atoms. The van der Waals surface area contributed by atoms with Crippen LogP contribution in [0.15, 0.2) is 67.0 Å². The number of rotatable bonds is 6. The molecular weight excluding hydrogens is 434 g/mol. The van der Waals surface area contributed by atoms with Gasteiger partial charge in [0, 0.05) is 43.6 Å². The molecular formula is C28H29N7. The van der Waals surface area contributed by atoms with Gasteiger partial charge < -0.3 is 9.13 Å². The Kier molecular flexibility index (Phi) is 5.01. The molecule has 1 saturated heterocycles. The van der Waals surface area contributed by atoms with Crippen molar-refractivity contribution in [2.45, 2.75) is 45.3 Å². The molecule has 0 saturated carbocycles. The summed E-state index contributed by atoms with van der Waals surface area (Å²) in [5.41, 5.74) is 6.49. The zero-order valence-corrected chi connectivity index (χ0v) is 20.4. The zero-order valence-electron chi connectivity index (χ0n) is 20.4. The predicted molar refractivity (Wildman–Crippen MR) is 137 cm³/mol. The Morgan fingerprint density at radius 2 is 1.83 bits per heavy atom. The van der Waals surface area contributed by atoms with Gasteiger partial charge in [0.2, 0.25) is 0 Å². The highest BCUT2D eigenvalue weighted by atomic mass is 15.3. The maximum Gasteiger partial charge on any atom is 0.161 e. The third-order valence-electron chi connectivity index (χ3n) is 7.45. The van der Waals surface area contributed by atoms with Crippen molar-refractivity contribution in [2.24, 2.45) is 0 Å². The Hall–Kier alpha value is -3.89. The van der Waals surface area contributed by atoms with Crippen LogP contribution >= 0.6 is 0 Å². The van der Waals surface area contributed by atoms with Gasteiger partial charge in [0.15, 0.2) is 5.65 Å². The minimum absolute atomic E-state index is 0.161. The van der Waals surface area contributed by atoms with Gasteiger partial charge in [0.05, 0.1) is 34.8 Å². The maximum atomic E-state index is 9.59. The number of aromatic nitrogens is 5. The Morgan fingerprint density at radius 1 is 1.03 bits per heavy atom. The highest BCUT2D eigenvalue weighted by Gasteiger charge is 2.45. The summed E-state index contributed by atoms with van der Waals surface area (Å²) in [4.78, 5) is 2.43. The van der Waals surface area contributed by atoms with Crippen LogP contribution in [0.1, 0.15) is 31.7 Å². The van der Waals surface area contributed by atoms with Gasteiger partial charge in [-0.05, 0) is 50.6 Å². The quantitative estimate of drug-likeness (QED) is 0.361. The van der Waals surface area contributed by atoms with Crippen molar-refractivity contribution in [3.63, 3.8) is 0 Å². The highest BCUT2D eigenvalue weighted by Crippen LogP contribution is 2.37. The lowest BCUT2D eigenvalue weighted by Gasteiger charge is -2.52. The number of hydrogen-bond donors (Lipinski definition) is 0. The van der Waals surface area contributed by atoms with E-state index >= 15 is 0 Å². The van der Waals surface area contributed by atoms with Crippen LogP contribution in [0.3, 0.4) is 0 Å². The highest BCUT2D eigenvalue weighted by molar-refractivity contribution is 5.86. The number of aryl methyl sites for hydroxylation is 1. The second kappa shape index (κ2) is 8.10. The second-order valence-corrected chi connectivity index (χ2v) is 10.0. The van der Waals surface area contributed by atoms with Crippen LogP contribution in [0.5, 0.6) is 0 Å². The van der Waals surface area contributed by atoms with Crippen molar-refractivity contribution in [2.75, 3.05) is 13.1 Å². The molecule has 1 fully saturated rings. The van der Waals surface area contributed by atoms with Crippen LogP contribution in [-0.4, -0.2) is 47.8 Å². The first-order valence-corrected chi connectivity index (χ1v) is 12.2. The number of nitrogens with zero attached hydrogens (tertiary/aromatic N) is 7. The predicted octanol–water partition coefficient (Wildman–Crippen LogP) is 4.84. The fourth-order valence-electron chi connectivity index (χ4n) is 5.45. The van der Waals surface area contributed by atoms with E-state index in [1.807, 2.05) is 13.0 Å². The summed E-state index contributed by atoms with van der Waals surface area (Å²) < 4.78 is 6.77. The van der Waals surface area contributed by atoms with Gasteiger partial charge in [-0.25, -0.2) is 0 Å². The number of fused-ring (bicyclic) bond motifs is 3. The summed E-state index contributed by atoms with van der Waals surface area (Å²) >= 11 is 0. The first-order chi connectivity index (χ1) is 17.0. The van der Waals surface area contributed by atoms with Gasteiger partial charge in [-0.1, -0.05) is 30.3 Å². The number of benzene rings is 1. The van der Waals surface area contributed by atoms with Gasteiger partial charge in [0.1, 0.15) is 5.82 Å². The Bertz CT molecular complexity index is 1560. The summed E-state index contributed by atoms with van der Waals surface area (Å²) in [7, 11) is 0. The number of nitriles is 1. The normalized spacial score (nSPS) is 15.6. The molecule has 0 unspecified atom stereocenters. The Labute approximate surface area is 204 Å². The fourth-order valence-corrected chi connectivity index (χ4v) is 5.45. The van der Waals surface area contributed by atoms with Crippen LogP contribution in [-0.2, 0) is 12.1 Å². The zero-order chi connectivity index (χ0) is 24.2. The van der Waals surface area contributed by atoms with E-state index in [1.54, 1.807) is 0 Å². The van der Waals surface area contributed by atoms with Crippen LogP contribution in [0.4, 0.5) is 0 Å². The molecule has 0 aliphatic carbocycles. The summed E-state index contributed by atoms with van der Waals surface area (Å²) in [6.07, 6.45) is 4.88. The molecule has 5 heterocycles. The fraction of sp³-hybridized carbons (Fsp3) is 0.321. The molecule has 7 heteroatoms. The van der Waals surface area contributed by atoms with E-state index in [4.69, 9.17) is 0 Å². The van der Waals surface area contributed by atoms with Gasteiger partial charge in [0.25, 0.3) is 0 Å². The SMILES string of the molecule is Cc1nnc2ccc3c(cc(-c4ccn(C5(CC#N)CN(C(C)C)C5)c4)n3Cc3ccccc3)n12. The van der Waals surface area contributed by atoms with Crippen LogP contribution < -0.4 is 0 Å². The van der Waals surface area contributed by atoms with Gasteiger partial charge >= 0.3 is 0 Å². The lowest BCUT2D eigenvalue weighted by Crippen LogP contribution is -2.63. The molecule has 6 rings (SSSR count). The van der Waals surface area contributed by atoms with Crippen molar-refractivity contribution in [3.05, 3.63) is 78.4 Å². The summed E-state index contributed by atoms with van der Waals surface area (Å²) in [5, 5.41) is 18.2. The van der Waals surface area contributed by atoms with Crippen LogP contribution in [0.2, 0.25) is 0 Å². The molecule has 1 aliphatic heterocycles. The van der Waals surface area contributed by atoms with Crippen molar-refractivity contribution >= 4 is 16.7 Å². The minimum atomic E-state index is -0.161. The minimum Gasteiger partial charge on any atom is -0.344 e. The summed E-state index contributed by atoms with van der Waals surface area (Å²) in [6.45, 7) is 8.99. The molecule has 1 aliphatic rings. The van der Waals surface area contributed by atoms with Crippen LogP contribution in [0, 0.1) is 18.3 Å². The third kappa shape index (κ3) is 3.44. The molecule has 0 atom stereocenters. The van der Waals surface area contributed by atoms with E-state index < -0.39 is 0 Å². The number of likely N-dealkylation sites (tertiary alicyclic amines) is 1. The molecule has 7 nitrogen and oxygen atoms in total. The average Bonchev–Trinajstić information content (AvgIpc) is 3.54. The molecule has 176 valence electrons. The molecule has 5 aromatic rings. The van der Waals surface area contributed by atoms with E-state index in [0.717, 1.165) is 53.4 Å². The topological polar surface area (TPSA) is 67.1 Å². The van der Waals surface area contributed by atoms with E-state index in [0.29, 0.717) is 12.5 Å².